The summed E-state index contributed by atoms with van der Waals surface area (Å²) in [5.41, 5.74) is 2.04. The van der Waals surface area contributed by atoms with Gasteiger partial charge in [0.1, 0.15) is 0 Å². The van der Waals surface area contributed by atoms with Gasteiger partial charge in [0.05, 0.1) is 12.2 Å². The molecular formula is C14H17Cl2N3. The molecule has 0 aliphatic carbocycles. The van der Waals surface area contributed by atoms with Crippen molar-refractivity contribution >= 4 is 23.2 Å². The second kappa shape index (κ2) is 6.94. The fraction of sp³-hybridized carbons (Fsp3) is 0.357. The molecule has 0 radical (unpaired) electrons. The van der Waals surface area contributed by atoms with Gasteiger partial charge in [-0.3, -0.25) is 4.68 Å². The Labute approximate surface area is 123 Å². The molecule has 1 N–H and O–H groups in total. The van der Waals surface area contributed by atoms with E-state index in [1.165, 1.54) is 0 Å². The van der Waals surface area contributed by atoms with Crippen LogP contribution in [0, 0.1) is 0 Å². The van der Waals surface area contributed by atoms with Gasteiger partial charge in [-0.25, -0.2) is 0 Å². The summed E-state index contributed by atoms with van der Waals surface area (Å²) in [5, 5.41) is 9.05. The Kier molecular flexibility index (Phi) is 5.25. The second-order valence-electron chi connectivity index (χ2n) is 4.36. The van der Waals surface area contributed by atoms with E-state index < -0.39 is 0 Å². The second-order valence-corrected chi connectivity index (χ2v) is 5.17. The van der Waals surface area contributed by atoms with Gasteiger partial charge in [0.2, 0.25) is 0 Å². The molecule has 0 fully saturated rings. The van der Waals surface area contributed by atoms with Gasteiger partial charge in [0.15, 0.2) is 0 Å². The summed E-state index contributed by atoms with van der Waals surface area (Å²) >= 11 is 12.4. The van der Waals surface area contributed by atoms with Crippen molar-refractivity contribution in [2.24, 2.45) is 0 Å². The Hall–Kier alpha value is -1.03. The fourth-order valence-electron chi connectivity index (χ4n) is 1.88. The van der Waals surface area contributed by atoms with Gasteiger partial charge in [-0.15, -0.1) is 0 Å². The van der Waals surface area contributed by atoms with Crippen LogP contribution in [0.15, 0.2) is 30.5 Å². The standard InChI is InChI=1S/C14H17Cl2N3/c1-2-7-17-9-11-6-8-18-19(11)10-12-13(15)4-3-5-14(12)16/h3-6,8,17H,2,7,9-10H2,1H3. The van der Waals surface area contributed by atoms with E-state index in [1.807, 2.05) is 28.9 Å². The molecule has 3 nitrogen and oxygen atoms in total. The molecular weight excluding hydrogens is 281 g/mol. The van der Waals surface area contributed by atoms with Crippen LogP contribution in [0.4, 0.5) is 0 Å². The Morgan fingerprint density at radius 3 is 2.63 bits per heavy atom. The number of nitrogens with zero attached hydrogens (tertiary/aromatic N) is 2. The molecule has 0 aliphatic heterocycles. The van der Waals surface area contributed by atoms with Gasteiger partial charge in [-0.2, -0.15) is 5.10 Å². The molecule has 102 valence electrons. The van der Waals surface area contributed by atoms with Crippen LogP contribution in [0.25, 0.3) is 0 Å². The molecule has 0 saturated carbocycles. The van der Waals surface area contributed by atoms with Crippen LogP contribution >= 0.6 is 23.2 Å². The molecule has 19 heavy (non-hydrogen) atoms. The van der Waals surface area contributed by atoms with Crippen molar-refractivity contribution in [1.29, 1.82) is 0 Å². The van der Waals surface area contributed by atoms with Crippen molar-refractivity contribution in [3.05, 3.63) is 51.8 Å². The van der Waals surface area contributed by atoms with E-state index in [0.29, 0.717) is 16.6 Å². The Bertz CT molecular complexity index is 517. The molecule has 0 bridgehead atoms. The summed E-state index contributed by atoms with van der Waals surface area (Å²) in [5.74, 6) is 0. The smallest absolute Gasteiger partial charge is 0.0692 e. The molecule has 1 heterocycles. The molecule has 0 unspecified atom stereocenters. The maximum atomic E-state index is 6.18. The van der Waals surface area contributed by atoms with Gasteiger partial charge >= 0.3 is 0 Å². The number of aromatic nitrogens is 2. The van der Waals surface area contributed by atoms with Gasteiger partial charge in [-0.1, -0.05) is 36.2 Å². The van der Waals surface area contributed by atoms with E-state index in [4.69, 9.17) is 23.2 Å². The summed E-state index contributed by atoms with van der Waals surface area (Å²) in [6.07, 6.45) is 2.91. The minimum absolute atomic E-state index is 0.592. The van der Waals surface area contributed by atoms with E-state index in [1.54, 1.807) is 6.20 Å². The summed E-state index contributed by atoms with van der Waals surface area (Å²) in [6.45, 7) is 4.54. The summed E-state index contributed by atoms with van der Waals surface area (Å²) < 4.78 is 1.93. The van der Waals surface area contributed by atoms with E-state index in [9.17, 15) is 0 Å². The highest BCUT2D eigenvalue weighted by molar-refractivity contribution is 6.35. The molecule has 1 aromatic heterocycles. The Morgan fingerprint density at radius 1 is 1.21 bits per heavy atom. The van der Waals surface area contributed by atoms with Crippen LogP contribution in [0.1, 0.15) is 24.6 Å². The van der Waals surface area contributed by atoms with E-state index in [2.05, 4.69) is 17.3 Å². The molecule has 2 aromatic rings. The third-order valence-electron chi connectivity index (χ3n) is 2.91. The zero-order valence-electron chi connectivity index (χ0n) is 10.9. The maximum Gasteiger partial charge on any atom is 0.0692 e. The maximum absolute atomic E-state index is 6.18. The lowest BCUT2D eigenvalue weighted by atomic mass is 10.2. The molecule has 0 atom stereocenters. The summed E-state index contributed by atoms with van der Waals surface area (Å²) in [7, 11) is 0. The topological polar surface area (TPSA) is 29.9 Å². The zero-order valence-corrected chi connectivity index (χ0v) is 12.4. The highest BCUT2D eigenvalue weighted by atomic mass is 35.5. The van der Waals surface area contributed by atoms with Crippen LogP contribution < -0.4 is 5.32 Å². The van der Waals surface area contributed by atoms with Gasteiger partial charge < -0.3 is 5.32 Å². The monoisotopic (exact) mass is 297 g/mol. The summed E-state index contributed by atoms with van der Waals surface area (Å²) in [4.78, 5) is 0. The van der Waals surface area contributed by atoms with Gasteiger partial charge in [-0.05, 0) is 31.2 Å². The third-order valence-corrected chi connectivity index (χ3v) is 3.62. The highest BCUT2D eigenvalue weighted by Crippen LogP contribution is 2.25. The van der Waals surface area contributed by atoms with E-state index >= 15 is 0 Å². The normalized spacial score (nSPS) is 10.9. The first-order chi connectivity index (χ1) is 9.22. The van der Waals surface area contributed by atoms with Crippen LogP contribution in [0.3, 0.4) is 0 Å². The molecule has 0 amide bonds. The Morgan fingerprint density at radius 2 is 1.95 bits per heavy atom. The van der Waals surface area contributed by atoms with Crippen molar-refractivity contribution < 1.29 is 0 Å². The molecule has 1 aromatic carbocycles. The predicted molar refractivity (Wildman–Crippen MR) is 79.8 cm³/mol. The van der Waals surface area contributed by atoms with Crippen molar-refractivity contribution in [2.45, 2.75) is 26.4 Å². The minimum atomic E-state index is 0.592. The van der Waals surface area contributed by atoms with E-state index in [-0.39, 0.29) is 0 Å². The predicted octanol–water partition coefficient (Wildman–Crippen LogP) is 3.74. The van der Waals surface area contributed by atoms with Crippen molar-refractivity contribution in [2.75, 3.05) is 6.54 Å². The SMILES string of the molecule is CCCNCc1ccnn1Cc1c(Cl)cccc1Cl. The molecule has 0 aliphatic rings. The molecule has 2 rings (SSSR count). The van der Waals surface area contributed by atoms with E-state index in [0.717, 1.165) is 30.8 Å². The average Bonchev–Trinajstić information content (AvgIpc) is 2.82. The van der Waals surface area contributed by atoms with Crippen molar-refractivity contribution in [3.63, 3.8) is 0 Å². The lowest BCUT2D eigenvalue weighted by Gasteiger charge is -2.11. The molecule has 0 spiro atoms. The van der Waals surface area contributed by atoms with Crippen LogP contribution in [-0.4, -0.2) is 16.3 Å². The van der Waals surface area contributed by atoms with Gasteiger partial charge in [0.25, 0.3) is 0 Å². The third kappa shape index (κ3) is 3.72. The Balaban J connectivity index is 2.13. The molecule has 5 heteroatoms. The van der Waals surface area contributed by atoms with Crippen LogP contribution in [0.2, 0.25) is 10.0 Å². The van der Waals surface area contributed by atoms with Crippen molar-refractivity contribution in [3.8, 4) is 0 Å². The lowest BCUT2D eigenvalue weighted by molar-refractivity contribution is 0.592. The number of rotatable bonds is 6. The van der Waals surface area contributed by atoms with Crippen LogP contribution in [0.5, 0.6) is 0 Å². The quantitative estimate of drug-likeness (QED) is 0.823. The first-order valence-corrected chi connectivity index (χ1v) is 7.12. The average molecular weight is 298 g/mol. The minimum Gasteiger partial charge on any atom is -0.311 e. The number of hydrogen-bond donors (Lipinski definition) is 1. The van der Waals surface area contributed by atoms with Crippen molar-refractivity contribution in [1.82, 2.24) is 15.1 Å². The lowest BCUT2D eigenvalue weighted by Crippen LogP contribution is -2.18. The zero-order chi connectivity index (χ0) is 13.7. The largest absolute Gasteiger partial charge is 0.311 e. The number of halogens is 2. The molecule has 0 saturated heterocycles. The highest BCUT2D eigenvalue weighted by Gasteiger charge is 2.09. The first kappa shape index (κ1) is 14.4. The number of nitrogens with one attached hydrogen (secondary N) is 1. The number of hydrogen-bond acceptors (Lipinski definition) is 2. The first-order valence-electron chi connectivity index (χ1n) is 6.36. The fourth-order valence-corrected chi connectivity index (χ4v) is 2.40. The van der Waals surface area contributed by atoms with Gasteiger partial charge in [0, 0.05) is 28.4 Å². The summed E-state index contributed by atoms with van der Waals surface area (Å²) in [6, 6.07) is 7.55. The number of benzene rings is 1. The van der Waals surface area contributed by atoms with Crippen LogP contribution in [-0.2, 0) is 13.1 Å².